The van der Waals surface area contributed by atoms with Crippen molar-refractivity contribution in [1.29, 1.82) is 0 Å². The van der Waals surface area contributed by atoms with Crippen LogP contribution in [0.25, 0.3) is 0 Å². The van der Waals surface area contributed by atoms with Crippen LogP contribution in [-0.4, -0.2) is 28.5 Å². The first-order valence-corrected chi connectivity index (χ1v) is 9.30. The zero-order chi connectivity index (χ0) is 19.0. The number of hydrogen-bond donors (Lipinski definition) is 3. The van der Waals surface area contributed by atoms with E-state index in [1.165, 1.54) is 12.1 Å². The van der Waals surface area contributed by atoms with Crippen molar-refractivity contribution >= 4 is 34.3 Å². The Balaban J connectivity index is 1.71. The van der Waals surface area contributed by atoms with Gasteiger partial charge in [-0.2, -0.15) is 5.10 Å². The zero-order valence-corrected chi connectivity index (χ0v) is 15.6. The lowest BCUT2D eigenvalue weighted by Crippen LogP contribution is -2.33. The number of hydrogen-bond acceptors (Lipinski definition) is 6. The maximum Gasteiger partial charge on any atom is 0.153 e. The number of carbonyl (C=O) groups excluding carboxylic acids is 1. The summed E-state index contributed by atoms with van der Waals surface area (Å²) in [5.41, 5.74) is 2.58. The number of nitrogens with one attached hydrogen (secondary N) is 3. The molecular weight excluding hydrogens is 365 g/mol. The van der Waals surface area contributed by atoms with Crippen LogP contribution >= 0.6 is 11.3 Å². The van der Waals surface area contributed by atoms with E-state index in [0.29, 0.717) is 17.2 Å². The van der Waals surface area contributed by atoms with Crippen molar-refractivity contribution in [3.05, 3.63) is 63.9 Å². The van der Waals surface area contributed by atoms with Crippen LogP contribution < -0.4 is 10.6 Å². The summed E-state index contributed by atoms with van der Waals surface area (Å²) >= 11 is 1.60. The Kier molecular flexibility index (Phi) is 4.49. The first-order valence-electron chi connectivity index (χ1n) is 8.48. The fraction of sp³-hybridized carbons (Fsp3) is 0.211. The summed E-state index contributed by atoms with van der Waals surface area (Å²) in [5, 5.41) is 14.6. The van der Waals surface area contributed by atoms with Gasteiger partial charge in [-0.3, -0.25) is 5.10 Å². The Bertz CT molecular complexity index is 1010. The fourth-order valence-corrected chi connectivity index (χ4v) is 4.01. The highest BCUT2D eigenvalue weighted by atomic mass is 32.1. The predicted molar refractivity (Wildman–Crippen MR) is 105 cm³/mol. The molecule has 138 valence electrons. The van der Waals surface area contributed by atoms with E-state index in [4.69, 9.17) is 4.99 Å². The smallest absolute Gasteiger partial charge is 0.153 e. The van der Waals surface area contributed by atoms with Gasteiger partial charge in [0, 0.05) is 16.6 Å². The highest BCUT2D eigenvalue weighted by molar-refractivity contribution is 7.16. The number of nitrogens with zero attached hydrogens (tertiary/aromatic N) is 2. The first-order chi connectivity index (χ1) is 13.0. The number of aliphatic imine (C=N–C) groups is 1. The topological polar surface area (TPSA) is 82.2 Å². The van der Waals surface area contributed by atoms with Gasteiger partial charge in [0.25, 0.3) is 0 Å². The normalized spacial score (nSPS) is 16.9. The number of carbonyl (C=O) groups is 1. The molecule has 2 atom stereocenters. The second-order valence-corrected chi connectivity index (χ2v) is 7.70. The number of aromatic amines is 1. The van der Waals surface area contributed by atoms with Crippen LogP contribution in [-0.2, 0) is 4.79 Å². The summed E-state index contributed by atoms with van der Waals surface area (Å²) in [6, 6.07) is 9.86. The first kappa shape index (κ1) is 17.4. The fourth-order valence-electron chi connectivity index (χ4n) is 3.07. The number of thiophene rings is 1. The molecule has 0 aliphatic carbocycles. The summed E-state index contributed by atoms with van der Waals surface area (Å²) in [6.07, 6.45) is 0.344. The van der Waals surface area contributed by atoms with Gasteiger partial charge in [-0.05, 0) is 37.6 Å². The summed E-state index contributed by atoms with van der Waals surface area (Å²) in [6.45, 7) is 3.94. The molecule has 0 bridgehead atoms. The van der Waals surface area contributed by atoms with Gasteiger partial charge in [0.05, 0.1) is 11.5 Å². The lowest BCUT2D eigenvalue weighted by Gasteiger charge is -2.27. The van der Waals surface area contributed by atoms with Crippen LogP contribution in [0.5, 0.6) is 0 Å². The largest absolute Gasteiger partial charge is 0.354 e. The van der Waals surface area contributed by atoms with Gasteiger partial charge in [0.2, 0.25) is 0 Å². The number of H-pyrrole nitrogens is 1. The minimum absolute atomic E-state index is 0.337. The third kappa shape index (κ3) is 3.48. The predicted octanol–water partition coefficient (Wildman–Crippen LogP) is 3.82. The van der Waals surface area contributed by atoms with E-state index in [0.717, 1.165) is 27.4 Å². The van der Waals surface area contributed by atoms with Gasteiger partial charge < -0.3 is 15.4 Å². The molecule has 2 aromatic heterocycles. The molecule has 1 aliphatic rings. The molecule has 27 heavy (non-hydrogen) atoms. The lowest BCUT2D eigenvalue weighted by atomic mass is 9.96. The van der Waals surface area contributed by atoms with Crippen LogP contribution in [0.1, 0.15) is 27.6 Å². The number of aldehydes is 1. The van der Waals surface area contributed by atoms with E-state index < -0.39 is 12.1 Å². The molecule has 3 aromatic rings. The minimum Gasteiger partial charge on any atom is -0.354 e. The Labute approximate surface area is 159 Å². The molecule has 8 heteroatoms. The van der Waals surface area contributed by atoms with Crippen molar-refractivity contribution in [2.24, 2.45) is 4.99 Å². The monoisotopic (exact) mass is 383 g/mol. The van der Waals surface area contributed by atoms with Crippen molar-refractivity contribution in [2.75, 3.05) is 10.6 Å². The average molecular weight is 383 g/mol. The van der Waals surface area contributed by atoms with Gasteiger partial charge in [-0.15, -0.1) is 11.3 Å². The number of amidine groups is 1. The number of aromatic nitrogens is 2. The molecule has 0 spiro atoms. The van der Waals surface area contributed by atoms with E-state index in [9.17, 15) is 9.18 Å². The van der Waals surface area contributed by atoms with Gasteiger partial charge in [0.15, 0.2) is 5.82 Å². The van der Waals surface area contributed by atoms with Crippen LogP contribution in [0.15, 0.2) is 41.4 Å². The van der Waals surface area contributed by atoms with Crippen LogP contribution in [0.2, 0.25) is 0 Å². The number of fused-ring (bicyclic) bond motifs is 1. The molecule has 0 amide bonds. The average Bonchev–Trinajstić information content (AvgIpc) is 3.22. The van der Waals surface area contributed by atoms with Crippen LogP contribution in [0.4, 0.5) is 15.2 Å². The summed E-state index contributed by atoms with van der Waals surface area (Å²) in [7, 11) is 0. The van der Waals surface area contributed by atoms with Gasteiger partial charge >= 0.3 is 0 Å². The van der Waals surface area contributed by atoms with E-state index in [2.05, 4.69) is 20.8 Å². The van der Waals surface area contributed by atoms with Crippen molar-refractivity contribution in [1.82, 2.24) is 10.2 Å². The molecular formula is C19H18FN5OS. The molecule has 6 nitrogen and oxygen atoms in total. The lowest BCUT2D eigenvalue weighted by molar-refractivity contribution is -0.109. The van der Waals surface area contributed by atoms with Crippen molar-refractivity contribution in [2.45, 2.75) is 25.9 Å². The molecule has 1 aromatic carbocycles. The number of rotatable bonds is 4. The Morgan fingerprint density at radius 2 is 2.04 bits per heavy atom. The molecule has 0 fully saturated rings. The van der Waals surface area contributed by atoms with Crippen molar-refractivity contribution in [3.8, 4) is 0 Å². The number of benzene rings is 1. The molecule has 1 aliphatic heterocycles. The second kappa shape index (κ2) is 6.96. The Morgan fingerprint density at radius 3 is 2.70 bits per heavy atom. The Hall–Kier alpha value is -3.00. The van der Waals surface area contributed by atoms with E-state index in [1.807, 2.05) is 26.0 Å². The van der Waals surface area contributed by atoms with Crippen LogP contribution in [0.3, 0.4) is 0 Å². The maximum absolute atomic E-state index is 13.3. The quantitative estimate of drug-likeness (QED) is 0.598. The van der Waals surface area contributed by atoms with E-state index in [1.54, 1.807) is 23.5 Å². The summed E-state index contributed by atoms with van der Waals surface area (Å²) < 4.78 is 13.3. The van der Waals surface area contributed by atoms with E-state index >= 15 is 0 Å². The molecule has 0 saturated heterocycles. The molecule has 3 N–H and O–H groups in total. The molecule has 0 saturated carbocycles. The number of aryl methyl sites for hydroxylation is 2. The van der Waals surface area contributed by atoms with Crippen LogP contribution in [0, 0.1) is 19.7 Å². The van der Waals surface area contributed by atoms with Crippen molar-refractivity contribution < 1.29 is 9.18 Å². The standard InChI is InChI=1S/C19H18FN5OS/c1-10-7-16(25-24-10)21-17-14-8-11(2)27-19(14)23-18(22-17)15(9-26)12-3-5-13(20)6-4-12/h3-9,15,18,23H,1-2H3,(H2,21,22,24,25). The zero-order valence-electron chi connectivity index (χ0n) is 14.8. The Morgan fingerprint density at radius 1 is 1.26 bits per heavy atom. The third-order valence-corrected chi connectivity index (χ3v) is 5.33. The maximum atomic E-state index is 13.3. The SMILES string of the molecule is Cc1cc(NC2=NC(C(C=O)c3ccc(F)cc3)Nc3sc(C)cc32)n[nH]1. The highest BCUT2D eigenvalue weighted by Gasteiger charge is 2.29. The molecule has 3 heterocycles. The summed E-state index contributed by atoms with van der Waals surface area (Å²) in [4.78, 5) is 17.7. The second-order valence-electron chi connectivity index (χ2n) is 6.44. The van der Waals surface area contributed by atoms with Gasteiger partial charge in [-0.25, -0.2) is 9.38 Å². The number of anilines is 2. The van der Waals surface area contributed by atoms with Gasteiger partial charge in [0.1, 0.15) is 29.1 Å². The molecule has 0 radical (unpaired) electrons. The third-order valence-electron chi connectivity index (χ3n) is 4.35. The molecule has 2 unspecified atom stereocenters. The van der Waals surface area contributed by atoms with Crippen molar-refractivity contribution in [3.63, 3.8) is 0 Å². The summed E-state index contributed by atoms with van der Waals surface area (Å²) in [5.74, 6) is 0.430. The number of halogens is 1. The minimum atomic E-state index is -0.543. The molecule has 4 rings (SSSR count). The van der Waals surface area contributed by atoms with E-state index in [-0.39, 0.29) is 5.82 Å². The highest BCUT2D eigenvalue weighted by Crippen LogP contribution is 2.35. The van der Waals surface area contributed by atoms with Gasteiger partial charge in [-0.1, -0.05) is 12.1 Å².